The van der Waals surface area contributed by atoms with Crippen LogP contribution in [0, 0.1) is 0 Å². The zero-order valence-corrected chi connectivity index (χ0v) is 14.1. The Hall–Kier alpha value is -1.22. The zero-order valence-electron chi connectivity index (χ0n) is 12.5. The van der Waals surface area contributed by atoms with Gasteiger partial charge in [0, 0.05) is 43.3 Å². The van der Waals surface area contributed by atoms with Crippen LogP contribution in [0.5, 0.6) is 0 Å². The van der Waals surface area contributed by atoms with Gasteiger partial charge in [0.15, 0.2) is 0 Å². The van der Waals surface area contributed by atoms with E-state index in [1.165, 1.54) is 16.8 Å². The Balaban J connectivity index is 1.66. The van der Waals surface area contributed by atoms with E-state index < -0.39 is 10.0 Å². The normalized spacial score (nSPS) is 19.2. The fraction of sp³-hybridized carbons (Fsp3) is 0.500. The standard InChI is InChI=1S/C14H20N4O2S2/c1-22(19,20)16-5-4-12-8-17(10-14-3-2-6-21-14)9-13-7-15-11-18(12)13/h2-3,6-7,11-12,16H,4-5,8-10H2,1H3/t12-/m1/s1. The van der Waals surface area contributed by atoms with Crippen LogP contribution in [-0.4, -0.2) is 42.2 Å². The highest BCUT2D eigenvalue weighted by molar-refractivity contribution is 7.88. The van der Waals surface area contributed by atoms with E-state index in [1.54, 1.807) is 11.3 Å². The molecule has 2 aromatic heterocycles. The van der Waals surface area contributed by atoms with Crippen molar-refractivity contribution >= 4 is 21.4 Å². The van der Waals surface area contributed by atoms with E-state index in [-0.39, 0.29) is 6.04 Å². The number of hydrogen-bond acceptors (Lipinski definition) is 5. The molecule has 120 valence electrons. The Morgan fingerprint density at radius 1 is 1.50 bits per heavy atom. The van der Waals surface area contributed by atoms with Gasteiger partial charge in [-0.05, 0) is 17.9 Å². The molecule has 1 aliphatic rings. The summed E-state index contributed by atoms with van der Waals surface area (Å²) in [6.45, 7) is 3.17. The Labute approximate surface area is 134 Å². The molecule has 0 fully saturated rings. The van der Waals surface area contributed by atoms with Gasteiger partial charge in [-0.1, -0.05) is 6.07 Å². The van der Waals surface area contributed by atoms with Crippen molar-refractivity contribution < 1.29 is 8.42 Å². The minimum absolute atomic E-state index is 0.250. The summed E-state index contributed by atoms with van der Waals surface area (Å²) < 4.78 is 27.2. The van der Waals surface area contributed by atoms with Gasteiger partial charge in [0.25, 0.3) is 0 Å². The van der Waals surface area contributed by atoms with E-state index in [2.05, 4.69) is 36.7 Å². The average Bonchev–Trinajstić information content (AvgIpc) is 3.08. The number of nitrogens with zero attached hydrogens (tertiary/aromatic N) is 3. The van der Waals surface area contributed by atoms with Gasteiger partial charge in [0.05, 0.1) is 18.3 Å². The van der Waals surface area contributed by atoms with Gasteiger partial charge in [-0.3, -0.25) is 4.90 Å². The van der Waals surface area contributed by atoms with Gasteiger partial charge in [-0.15, -0.1) is 11.3 Å². The lowest BCUT2D eigenvalue weighted by atomic mass is 10.1. The highest BCUT2D eigenvalue weighted by atomic mass is 32.2. The zero-order chi connectivity index (χ0) is 15.6. The molecule has 2 aromatic rings. The van der Waals surface area contributed by atoms with Crippen LogP contribution in [0.1, 0.15) is 23.0 Å². The molecule has 0 unspecified atom stereocenters. The molecule has 0 radical (unpaired) electrons. The maximum Gasteiger partial charge on any atom is 0.208 e. The molecular formula is C14H20N4O2S2. The quantitative estimate of drug-likeness (QED) is 0.864. The second-order valence-electron chi connectivity index (χ2n) is 5.65. The number of sulfonamides is 1. The van der Waals surface area contributed by atoms with Crippen molar-refractivity contribution in [2.45, 2.75) is 25.6 Å². The molecule has 0 amide bonds. The number of aromatic nitrogens is 2. The molecule has 3 rings (SSSR count). The monoisotopic (exact) mass is 340 g/mol. The van der Waals surface area contributed by atoms with Gasteiger partial charge in [0.2, 0.25) is 10.0 Å². The Morgan fingerprint density at radius 2 is 2.36 bits per heavy atom. The van der Waals surface area contributed by atoms with Crippen molar-refractivity contribution in [1.29, 1.82) is 0 Å². The maximum atomic E-state index is 11.2. The first-order valence-electron chi connectivity index (χ1n) is 7.21. The van der Waals surface area contributed by atoms with Crippen LogP contribution >= 0.6 is 11.3 Å². The van der Waals surface area contributed by atoms with Crippen LogP contribution < -0.4 is 4.72 Å². The predicted molar refractivity (Wildman–Crippen MR) is 87.2 cm³/mol. The number of hydrogen-bond donors (Lipinski definition) is 1. The van der Waals surface area contributed by atoms with Crippen LogP contribution in [0.2, 0.25) is 0 Å². The summed E-state index contributed by atoms with van der Waals surface area (Å²) in [5.74, 6) is 0. The van der Waals surface area contributed by atoms with E-state index in [0.29, 0.717) is 6.54 Å². The second kappa shape index (κ2) is 6.49. The molecule has 0 aromatic carbocycles. The van der Waals surface area contributed by atoms with Gasteiger partial charge in [0.1, 0.15) is 0 Å². The predicted octanol–water partition coefficient (Wildman–Crippen LogP) is 1.44. The molecule has 6 nitrogen and oxygen atoms in total. The van der Waals surface area contributed by atoms with Crippen LogP contribution in [-0.2, 0) is 23.1 Å². The summed E-state index contributed by atoms with van der Waals surface area (Å²) >= 11 is 1.77. The van der Waals surface area contributed by atoms with Crippen molar-refractivity contribution in [2.24, 2.45) is 0 Å². The summed E-state index contributed by atoms with van der Waals surface area (Å²) in [7, 11) is -3.13. The van der Waals surface area contributed by atoms with Crippen molar-refractivity contribution in [3.63, 3.8) is 0 Å². The molecule has 3 heterocycles. The largest absolute Gasteiger partial charge is 0.329 e. The van der Waals surface area contributed by atoms with Crippen LogP contribution in [0.25, 0.3) is 0 Å². The summed E-state index contributed by atoms with van der Waals surface area (Å²) in [6, 6.07) is 4.47. The third-order valence-electron chi connectivity index (χ3n) is 3.80. The molecule has 0 spiro atoms. The van der Waals surface area contributed by atoms with Crippen LogP contribution in [0.15, 0.2) is 30.0 Å². The summed E-state index contributed by atoms with van der Waals surface area (Å²) in [5.41, 5.74) is 1.19. The van der Waals surface area contributed by atoms with Gasteiger partial charge in [-0.2, -0.15) is 0 Å². The molecule has 22 heavy (non-hydrogen) atoms. The van der Waals surface area contributed by atoms with E-state index >= 15 is 0 Å². The van der Waals surface area contributed by atoms with Crippen LogP contribution in [0.4, 0.5) is 0 Å². The number of thiophene rings is 1. The fourth-order valence-corrected chi connectivity index (χ4v) is 4.08. The molecule has 0 bridgehead atoms. The maximum absolute atomic E-state index is 11.2. The highest BCUT2D eigenvalue weighted by Crippen LogP contribution is 2.25. The second-order valence-corrected chi connectivity index (χ2v) is 8.52. The molecule has 8 heteroatoms. The number of rotatable bonds is 6. The first kappa shape index (κ1) is 15.7. The minimum Gasteiger partial charge on any atom is -0.329 e. The Kier molecular flexibility index (Phi) is 4.62. The van der Waals surface area contributed by atoms with Crippen molar-refractivity contribution in [3.8, 4) is 0 Å². The lowest BCUT2D eigenvalue weighted by molar-refractivity contribution is 0.173. The average molecular weight is 340 g/mol. The molecule has 0 saturated carbocycles. The smallest absolute Gasteiger partial charge is 0.208 e. The molecular weight excluding hydrogens is 320 g/mol. The minimum atomic E-state index is -3.13. The SMILES string of the molecule is CS(=O)(=O)NCC[C@@H]1CN(Cc2cccs2)Cc2cncn21. The Morgan fingerprint density at radius 3 is 3.09 bits per heavy atom. The van der Waals surface area contributed by atoms with Crippen molar-refractivity contribution in [2.75, 3.05) is 19.3 Å². The topological polar surface area (TPSA) is 67.2 Å². The number of fused-ring (bicyclic) bond motifs is 1. The van der Waals surface area contributed by atoms with E-state index in [0.717, 1.165) is 26.1 Å². The lowest BCUT2D eigenvalue weighted by Gasteiger charge is -2.34. The van der Waals surface area contributed by atoms with E-state index in [1.807, 2.05) is 12.5 Å². The molecule has 1 N–H and O–H groups in total. The van der Waals surface area contributed by atoms with Gasteiger partial charge >= 0.3 is 0 Å². The molecule has 1 aliphatic heterocycles. The summed E-state index contributed by atoms with van der Waals surface area (Å²) in [5, 5.41) is 2.09. The van der Waals surface area contributed by atoms with Crippen molar-refractivity contribution in [3.05, 3.63) is 40.6 Å². The first-order valence-corrected chi connectivity index (χ1v) is 9.98. The summed E-state index contributed by atoms with van der Waals surface area (Å²) in [4.78, 5) is 7.99. The van der Waals surface area contributed by atoms with Crippen LogP contribution in [0.3, 0.4) is 0 Å². The Bertz CT molecular complexity index is 709. The van der Waals surface area contributed by atoms with Gasteiger partial charge in [-0.25, -0.2) is 18.1 Å². The lowest BCUT2D eigenvalue weighted by Crippen LogP contribution is -2.38. The molecule has 0 aliphatic carbocycles. The number of imidazole rings is 1. The fourth-order valence-electron chi connectivity index (χ4n) is 2.85. The van der Waals surface area contributed by atoms with E-state index in [9.17, 15) is 8.42 Å². The molecule has 1 atom stereocenters. The molecule has 0 saturated heterocycles. The third-order valence-corrected chi connectivity index (χ3v) is 5.39. The van der Waals surface area contributed by atoms with Gasteiger partial charge < -0.3 is 4.57 Å². The van der Waals surface area contributed by atoms with Crippen molar-refractivity contribution in [1.82, 2.24) is 19.2 Å². The first-order chi connectivity index (χ1) is 10.5. The highest BCUT2D eigenvalue weighted by Gasteiger charge is 2.25. The summed E-state index contributed by atoms with van der Waals surface area (Å²) in [6.07, 6.45) is 5.71. The van der Waals surface area contributed by atoms with E-state index in [4.69, 9.17) is 0 Å². The third kappa shape index (κ3) is 3.95. The number of nitrogens with one attached hydrogen (secondary N) is 1.